The van der Waals surface area contributed by atoms with Gasteiger partial charge in [0.1, 0.15) is 0 Å². The van der Waals surface area contributed by atoms with E-state index >= 15 is 0 Å². The highest BCUT2D eigenvalue weighted by Gasteiger charge is 2.17. The highest BCUT2D eigenvalue weighted by Crippen LogP contribution is 2.26. The summed E-state index contributed by atoms with van der Waals surface area (Å²) >= 11 is 0. The predicted octanol–water partition coefficient (Wildman–Crippen LogP) is 6.69. The predicted molar refractivity (Wildman–Crippen MR) is 147 cm³/mol. The molecule has 0 unspecified atom stereocenters. The molecule has 4 aromatic rings. The molecule has 1 amide bonds. The number of fused-ring (bicyclic) bond motifs is 1. The van der Waals surface area contributed by atoms with Crippen molar-refractivity contribution in [3.8, 4) is 0 Å². The third kappa shape index (κ3) is 5.99. The van der Waals surface area contributed by atoms with E-state index in [4.69, 9.17) is 4.74 Å². The lowest BCUT2D eigenvalue weighted by atomic mass is 10.0. The molecule has 0 spiro atoms. The van der Waals surface area contributed by atoms with Crippen LogP contribution in [-0.2, 0) is 16.1 Å². The minimum atomic E-state index is -0.474. The van der Waals surface area contributed by atoms with E-state index in [1.165, 1.54) is 0 Å². The van der Waals surface area contributed by atoms with Crippen LogP contribution in [0, 0.1) is 0 Å². The van der Waals surface area contributed by atoms with E-state index in [0.29, 0.717) is 17.8 Å². The van der Waals surface area contributed by atoms with Crippen LogP contribution in [0.2, 0.25) is 0 Å². The van der Waals surface area contributed by atoms with Crippen LogP contribution in [0.15, 0.2) is 97.1 Å². The first-order valence-electron chi connectivity index (χ1n) is 12.0. The second kappa shape index (κ2) is 11.4. The Morgan fingerprint density at radius 2 is 1.61 bits per heavy atom. The Morgan fingerprint density at radius 3 is 2.36 bits per heavy atom. The van der Waals surface area contributed by atoms with Crippen LogP contribution in [0.3, 0.4) is 0 Å². The fraction of sp³-hybridized carbons (Fsp3) is 0.161. The van der Waals surface area contributed by atoms with Crippen LogP contribution < -0.4 is 10.2 Å². The van der Waals surface area contributed by atoms with Gasteiger partial charge in [0.25, 0.3) is 0 Å². The summed E-state index contributed by atoms with van der Waals surface area (Å²) < 4.78 is 5.27. The van der Waals surface area contributed by atoms with Gasteiger partial charge in [0.05, 0.1) is 17.9 Å². The van der Waals surface area contributed by atoms with E-state index < -0.39 is 5.97 Å². The monoisotopic (exact) mass is 478 g/mol. The molecule has 0 aliphatic carbocycles. The first-order chi connectivity index (χ1) is 17.4. The zero-order chi connectivity index (χ0) is 25.5. The summed E-state index contributed by atoms with van der Waals surface area (Å²) in [4.78, 5) is 27.7. The standard InChI is InChI=1S/C31H30N2O3/c1-4-36-31(35)28-20-27(33(3)21-23-10-6-5-7-11-23)16-17-29(28)32-30(34)18-22(2)25-15-14-24-12-8-9-13-26(24)19-25/h5-20H,4,21H2,1-3H3,(H,32,34)/b22-18-. The number of rotatable bonds is 8. The van der Waals surface area contributed by atoms with E-state index in [9.17, 15) is 9.59 Å². The SMILES string of the molecule is CCOC(=O)c1cc(N(C)Cc2ccccc2)ccc1NC(=O)/C=C(/C)c1ccc2ccccc2c1. The first kappa shape index (κ1) is 24.7. The minimum absolute atomic E-state index is 0.247. The van der Waals surface area contributed by atoms with Crippen LogP contribution in [0.25, 0.3) is 16.3 Å². The summed E-state index contributed by atoms with van der Waals surface area (Å²) in [5, 5.41) is 5.13. The van der Waals surface area contributed by atoms with Crippen molar-refractivity contribution in [3.05, 3.63) is 114 Å². The average Bonchev–Trinajstić information content (AvgIpc) is 2.89. The molecule has 4 rings (SSSR count). The lowest BCUT2D eigenvalue weighted by Gasteiger charge is -2.21. The fourth-order valence-electron chi connectivity index (χ4n) is 4.09. The van der Waals surface area contributed by atoms with Gasteiger partial charge >= 0.3 is 5.97 Å². The number of nitrogens with zero attached hydrogens (tertiary/aromatic N) is 1. The number of carbonyl (C=O) groups is 2. The van der Waals surface area contributed by atoms with Crippen molar-refractivity contribution in [2.45, 2.75) is 20.4 Å². The number of carbonyl (C=O) groups excluding carboxylic acids is 2. The number of hydrogen-bond acceptors (Lipinski definition) is 4. The van der Waals surface area contributed by atoms with Crippen molar-refractivity contribution in [2.24, 2.45) is 0 Å². The highest BCUT2D eigenvalue weighted by molar-refractivity contribution is 6.08. The molecule has 0 fully saturated rings. The van der Waals surface area contributed by atoms with Crippen LogP contribution >= 0.6 is 0 Å². The van der Waals surface area contributed by atoms with Gasteiger partial charge in [-0.1, -0.05) is 66.7 Å². The smallest absolute Gasteiger partial charge is 0.340 e. The van der Waals surface area contributed by atoms with Gasteiger partial charge in [0.15, 0.2) is 0 Å². The summed E-state index contributed by atoms with van der Waals surface area (Å²) in [6, 6.07) is 29.7. The third-order valence-electron chi connectivity index (χ3n) is 6.01. The molecule has 0 aliphatic rings. The molecule has 0 aliphatic heterocycles. The largest absolute Gasteiger partial charge is 0.462 e. The van der Waals surface area contributed by atoms with Crippen molar-refractivity contribution in [1.29, 1.82) is 0 Å². The Hall–Kier alpha value is -4.38. The Labute approximate surface area is 212 Å². The molecule has 0 heterocycles. The van der Waals surface area contributed by atoms with Gasteiger partial charge in [-0.2, -0.15) is 0 Å². The second-order valence-electron chi connectivity index (χ2n) is 8.67. The molecule has 36 heavy (non-hydrogen) atoms. The maximum Gasteiger partial charge on any atom is 0.340 e. The molecule has 0 radical (unpaired) electrons. The van der Waals surface area contributed by atoms with Crippen LogP contribution in [0.4, 0.5) is 11.4 Å². The maximum atomic E-state index is 12.9. The van der Waals surface area contributed by atoms with Gasteiger partial charge in [-0.15, -0.1) is 0 Å². The number of allylic oxidation sites excluding steroid dienone is 1. The minimum Gasteiger partial charge on any atom is -0.462 e. The lowest BCUT2D eigenvalue weighted by Crippen LogP contribution is -2.19. The van der Waals surface area contributed by atoms with E-state index in [-0.39, 0.29) is 12.5 Å². The number of benzene rings is 4. The summed E-state index contributed by atoms with van der Waals surface area (Å²) in [7, 11) is 1.96. The Balaban J connectivity index is 1.56. The first-order valence-corrected chi connectivity index (χ1v) is 12.0. The van der Waals surface area contributed by atoms with Gasteiger partial charge in [-0.25, -0.2) is 4.79 Å². The van der Waals surface area contributed by atoms with Gasteiger partial charge in [0.2, 0.25) is 5.91 Å². The Morgan fingerprint density at radius 1 is 0.889 bits per heavy atom. The molecule has 0 bridgehead atoms. The van der Waals surface area contributed by atoms with Gasteiger partial charge in [-0.05, 0) is 65.6 Å². The molecular formula is C31H30N2O3. The topological polar surface area (TPSA) is 58.6 Å². The van der Waals surface area contributed by atoms with Gasteiger partial charge in [-0.3, -0.25) is 4.79 Å². The summed E-state index contributed by atoms with van der Waals surface area (Å²) in [5.74, 6) is -0.783. The number of ether oxygens (including phenoxy) is 1. The molecule has 0 saturated heterocycles. The number of amides is 1. The van der Waals surface area contributed by atoms with E-state index in [0.717, 1.165) is 33.2 Å². The van der Waals surface area contributed by atoms with E-state index in [1.54, 1.807) is 25.1 Å². The van der Waals surface area contributed by atoms with E-state index in [2.05, 4.69) is 29.6 Å². The van der Waals surface area contributed by atoms with Gasteiger partial charge < -0.3 is 15.0 Å². The van der Waals surface area contributed by atoms with Crippen LogP contribution in [0.5, 0.6) is 0 Å². The molecule has 1 N–H and O–H groups in total. The van der Waals surface area contributed by atoms with Crippen molar-refractivity contribution in [1.82, 2.24) is 0 Å². The van der Waals surface area contributed by atoms with Crippen molar-refractivity contribution < 1.29 is 14.3 Å². The zero-order valence-corrected chi connectivity index (χ0v) is 20.8. The molecule has 0 atom stereocenters. The molecule has 0 saturated carbocycles. The van der Waals surface area contributed by atoms with Crippen molar-refractivity contribution >= 4 is 39.6 Å². The average molecular weight is 479 g/mol. The molecule has 5 heteroatoms. The van der Waals surface area contributed by atoms with Crippen molar-refractivity contribution in [2.75, 3.05) is 23.9 Å². The normalized spacial score (nSPS) is 11.2. The van der Waals surface area contributed by atoms with Crippen molar-refractivity contribution in [3.63, 3.8) is 0 Å². The maximum absolute atomic E-state index is 12.9. The fourth-order valence-corrected chi connectivity index (χ4v) is 4.09. The third-order valence-corrected chi connectivity index (χ3v) is 6.01. The molecule has 182 valence electrons. The molecule has 4 aromatic carbocycles. The summed E-state index contributed by atoms with van der Waals surface area (Å²) in [6.07, 6.45) is 1.55. The number of hydrogen-bond donors (Lipinski definition) is 1. The van der Waals surface area contributed by atoms with Crippen LogP contribution in [-0.4, -0.2) is 25.5 Å². The Kier molecular flexibility index (Phi) is 7.81. The quantitative estimate of drug-likeness (QED) is 0.226. The zero-order valence-electron chi connectivity index (χ0n) is 20.8. The highest BCUT2D eigenvalue weighted by atomic mass is 16.5. The molecular weight excluding hydrogens is 448 g/mol. The molecule has 0 aromatic heterocycles. The summed E-state index contributed by atoms with van der Waals surface area (Å²) in [5.41, 5.74) is 4.53. The van der Waals surface area contributed by atoms with Crippen LogP contribution in [0.1, 0.15) is 35.3 Å². The lowest BCUT2D eigenvalue weighted by molar-refractivity contribution is -0.111. The number of esters is 1. The number of anilines is 2. The van der Waals surface area contributed by atoms with E-state index in [1.807, 2.05) is 73.5 Å². The summed E-state index contributed by atoms with van der Waals surface area (Å²) in [6.45, 7) is 4.59. The Bertz CT molecular complexity index is 1410. The van der Waals surface area contributed by atoms with Gasteiger partial charge in [0, 0.05) is 25.4 Å². The molecule has 5 nitrogen and oxygen atoms in total. The second-order valence-corrected chi connectivity index (χ2v) is 8.67. The number of nitrogens with one attached hydrogen (secondary N) is 1.